The summed E-state index contributed by atoms with van der Waals surface area (Å²) in [6.45, 7) is 2.04. The Morgan fingerprint density at radius 3 is 2.73 bits per heavy atom. The van der Waals surface area contributed by atoms with Gasteiger partial charge < -0.3 is 15.7 Å². The monoisotopic (exact) mass is 206 g/mol. The first-order valence-corrected chi connectivity index (χ1v) is 5.56. The second-order valence-corrected chi connectivity index (χ2v) is 4.09. The van der Waals surface area contributed by atoms with Crippen LogP contribution in [-0.2, 0) is 6.42 Å². The highest BCUT2D eigenvalue weighted by molar-refractivity contribution is 5.25. The van der Waals surface area contributed by atoms with Gasteiger partial charge in [0.1, 0.15) is 5.75 Å². The predicted molar refractivity (Wildman–Crippen MR) is 60.8 cm³/mol. The molecule has 1 fully saturated rings. The van der Waals surface area contributed by atoms with Gasteiger partial charge in [-0.1, -0.05) is 12.1 Å². The summed E-state index contributed by atoms with van der Waals surface area (Å²) in [7, 11) is 0. The molecule has 1 aromatic carbocycles. The van der Waals surface area contributed by atoms with Crippen LogP contribution in [0.1, 0.15) is 18.4 Å². The zero-order chi connectivity index (χ0) is 10.5. The van der Waals surface area contributed by atoms with Crippen LogP contribution in [0, 0.1) is 0 Å². The maximum absolute atomic E-state index is 9.14. The number of phenols is 1. The number of aryl methyl sites for hydroxylation is 1. The summed E-state index contributed by atoms with van der Waals surface area (Å²) in [4.78, 5) is 0. The first-order chi connectivity index (χ1) is 7.34. The lowest BCUT2D eigenvalue weighted by atomic mass is 10.1. The van der Waals surface area contributed by atoms with Gasteiger partial charge in [-0.25, -0.2) is 0 Å². The summed E-state index contributed by atoms with van der Waals surface area (Å²) in [5, 5.41) is 15.8. The van der Waals surface area contributed by atoms with E-state index in [-0.39, 0.29) is 0 Å². The van der Waals surface area contributed by atoms with Crippen molar-refractivity contribution in [2.75, 3.05) is 13.2 Å². The van der Waals surface area contributed by atoms with E-state index in [0.29, 0.717) is 11.8 Å². The Bertz CT molecular complexity index is 291. The summed E-state index contributed by atoms with van der Waals surface area (Å²) < 4.78 is 0. The van der Waals surface area contributed by atoms with Crippen LogP contribution in [0.25, 0.3) is 0 Å². The van der Waals surface area contributed by atoms with Gasteiger partial charge >= 0.3 is 0 Å². The topological polar surface area (TPSA) is 44.3 Å². The van der Waals surface area contributed by atoms with E-state index in [9.17, 15) is 0 Å². The van der Waals surface area contributed by atoms with E-state index < -0.39 is 0 Å². The number of nitrogens with one attached hydrogen (secondary N) is 2. The first kappa shape index (κ1) is 10.5. The molecular formula is C12H18N2O. The van der Waals surface area contributed by atoms with E-state index in [2.05, 4.69) is 10.6 Å². The molecule has 0 aromatic heterocycles. The van der Waals surface area contributed by atoms with E-state index >= 15 is 0 Å². The molecule has 3 N–H and O–H groups in total. The largest absolute Gasteiger partial charge is 0.508 e. The van der Waals surface area contributed by atoms with E-state index in [1.807, 2.05) is 12.1 Å². The van der Waals surface area contributed by atoms with Gasteiger partial charge in [0, 0.05) is 19.3 Å². The van der Waals surface area contributed by atoms with Crippen LogP contribution in [0.5, 0.6) is 5.75 Å². The average Bonchev–Trinajstić information content (AvgIpc) is 2.74. The predicted octanol–water partition coefficient (Wildman–Crippen LogP) is 1.23. The fourth-order valence-corrected chi connectivity index (χ4v) is 1.95. The van der Waals surface area contributed by atoms with Crippen LogP contribution < -0.4 is 10.6 Å². The van der Waals surface area contributed by atoms with Crippen LogP contribution in [0.2, 0.25) is 0 Å². The number of hydrogen-bond acceptors (Lipinski definition) is 3. The Morgan fingerprint density at radius 1 is 1.27 bits per heavy atom. The normalized spacial score (nSPS) is 20.7. The molecule has 0 bridgehead atoms. The highest BCUT2D eigenvalue weighted by Crippen LogP contribution is 2.12. The Morgan fingerprint density at radius 2 is 2.07 bits per heavy atom. The molecular weight excluding hydrogens is 188 g/mol. The summed E-state index contributed by atoms with van der Waals surface area (Å²) in [6.07, 6.45) is 3.51. The number of phenolic OH excluding ortho intramolecular Hbond substituents is 1. The maximum atomic E-state index is 9.14. The van der Waals surface area contributed by atoms with Crippen LogP contribution in [0.15, 0.2) is 24.3 Å². The molecule has 82 valence electrons. The van der Waals surface area contributed by atoms with Crippen molar-refractivity contribution in [1.29, 1.82) is 0 Å². The van der Waals surface area contributed by atoms with Crippen molar-refractivity contribution in [2.45, 2.75) is 25.3 Å². The molecule has 0 spiro atoms. The molecule has 1 aromatic rings. The summed E-state index contributed by atoms with van der Waals surface area (Å²) in [6, 6.07) is 8.14. The minimum atomic E-state index is 0.348. The van der Waals surface area contributed by atoms with Crippen molar-refractivity contribution in [3.63, 3.8) is 0 Å². The van der Waals surface area contributed by atoms with Crippen LogP contribution >= 0.6 is 0 Å². The van der Waals surface area contributed by atoms with E-state index in [1.54, 1.807) is 12.1 Å². The molecule has 1 saturated heterocycles. The van der Waals surface area contributed by atoms with Gasteiger partial charge in [-0.2, -0.15) is 0 Å². The second kappa shape index (κ2) is 5.14. The fourth-order valence-electron chi connectivity index (χ4n) is 1.95. The summed E-state index contributed by atoms with van der Waals surface area (Å²) >= 11 is 0. The maximum Gasteiger partial charge on any atom is 0.115 e. The van der Waals surface area contributed by atoms with Gasteiger partial charge in [0.2, 0.25) is 0 Å². The van der Waals surface area contributed by atoms with Crippen LogP contribution in [-0.4, -0.2) is 24.4 Å². The third kappa shape index (κ3) is 3.22. The first-order valence-electron chi connectivity index (χ1n) is 5.56. The van der Waals surface area contributed by atoms with Gasteiger partial charge in [0.15, 0.2) is 0 Å². The SMILES string of the molecule is Oc1ccc(CCC[C@@H]2CNCN2)cc1. The lowest BCUT2D eigenvalue weighted by molar-refractivity contribution is 0.475. The molecule has 1 aliphatic heterocycles. The number of aromatic hydroxyl groups is 1. The molecule has 1 heterocycles. The number of benzene rings is 1. The quantitative estimate of drug-likeness (QED) is 0.694. The smallest absolute Gasteiger partial charge is 0.115 e. The lowest BCUT2D eigenvalue weighted by Crippen LogP contribution is -2.23. The van der Waals surface area contributed by atoms with Crippen LogP contribution in [0.4, 0.5) is 0 Å². The second-order valence-electron chi connectivity index (χ2n) is 4.09. The highest BCUT2D eigenvalue weighted by Gasteiger charge is 2.11. The van der Waals surface area contributed by atoms with Gasteiger partial charge in [-0.15, -0.1) is 0 Å². The van der Waals surface area contributed by atoms with Gasteiger partial charge in [0.05, 0.1) is 0 Å². The Hall–Kier alpha value is -1.06. The van der Waals surface area contributed by atoms with Crippen LogP contribution in [0.3, 0.4) is 0 Å². The highest BCUT2D eigenvalue weighted by atomic mass is 16.3. The number of hydrogen-bond donors (Lipinski definition) is 3. The molecule has 0 radical (unpaired) electrons. The molecule has 0 aliphatic carbocycles. The van der Waals surface area contributed by atoms with Crippen molar-refractivity contribution in [2.24, 2.45) is 0 Å². The minimum absolute atomic E-state index is 0.348. The molecule has 2 rings (SSSR count). The van der Waals surface area contributed by atoms with Gasteiger partial charge in [0.25, 0.3) is 0 Å². The van der Waals surface area contributed by atoms with Crippen molar-refractivity contribution in [3.05, 3.63) is 29.8 Å². The Labute approximate surface area is 90.5 Å². The molecule has 15 heavy (non-hydrogen) atoms. The van der Waals surface area contributed by atoms with E-state index in [4.69, 9.17) is 5.11 Å². The minimum Gasteiger partial charge on any atom is -0.508 e. The molecule has 1 atom stereocenters. The molecule has 3 heteroatoms. The molecule has 0 unspecified atom stereocenters. The Kier molecular flexibility index (Phi) is 3.59. The zero-order valence-corrected chi connectivity index (χ0v) is 8.87. The van der Waals surface area contributed by atoms with Crippen molar-refractivity contribution < 1.29 is 5.11 Å². The third-order valence-corrected chi connectivity index (χ3v) is 2.86. The average molecular weight is 206 g/mol. The summed E-state index contributed by atoms with van der Waals surface area (Å²) in [5.41, 5.74) is 1.30. The van der Waals surface area contributed by atoms with E-state index in [0.717, 1.165) is 19.6 Å². The summed E-state index contributed by atoms with van der Waals surface area (Å²) in [5.74, 6) is 0.348. The van der Waals surface area contributed by atoms with Crippen molar-refractivity contribution >= 4 is 0 Å². The zero-order valence-electron chi connectivity index (χ0n) is 8.87. The number of rotatable bonds is 4. The Balaban J connectivity index is 1.71. The van der Waals surface area contributed by atoms with Gasteiger partial charge in [-0.3, -0.25) is 0 Å². The fraction of sp³-hybridized carbons (Fsp3) is 0.500. The third-order valence-electron chi connectivity index (χ3n) is 2.86. The molecule has 3 nitrogen and oxygen atoms in total. The van der Waals surface area contributed by atoms with E-state index in [1.165, 1.54) is 18.4 Å². The van der Waals surface area contributed by atoms with Crippen molar-refractivity contribution in [1.82, 2.24) is 10.6 Å². The molecule has 0 saturated carbocycles. The lowest BCUT2D eigenvalue weighted by Gasteiger charge is -2.08. The standard InChI is InChI=1S/C12H18N2O/c15-12-6-4-10(5-7-12)2-1-3-11-8-13-9-14-11/h4-7,11,13-15H,1-3,8-9H2/t11-/m1/s1. The molecule has 1 aliphatic rings. The van der Waals surface area contributed by atoms with Gasteiger partial charge in [-0.05, 0) is 37.0 Å². The molecule has 0 amide bonds. The van der Waals surface area contributed by atoms with Crippen molar-refractivity contribution in [3.8, 4) is 5.75 Å².